The molecule has 2 unspecified atom stereocenters. The molecule has 58 valence electrons. The molecule has 0 saturated heterocycles. The van der Waals surface area contributed by atoms with Gasteiger partial charge in [0.1, 0.15) is 5.78 Å². The van der Waals surface area contributed by atoms with Crippen LogP contribution in [0.25, 0.3) is 0 Å². The van der Waals surface area contributed by atoms with Crippen molar-refractivity contribution < 1.29 is 4.79 Å². The average molecular weight is 148 g/mol. The molecule has 0 amide bonds. The lowest BCUT2D eigenvalue weighted by atomic mass is 9.75. The first-order chi connectivity index (χ1) is 5.38. The molecule has 2 rings (SSSR count). The average Bonchev–Trinajstić information content (AvgIpc) is 2.06. The van der Waals surface area contributed by atoms with Gasteiger partial charge in [0.15, 0.2) is 0 Å². The van der Waals surface area contributed by atoms with Crippen LogP contribution < -0.4 is 0 Å². The number of fused-ring (bicyclic) bond motifs is 1. The fraction of sp³-hybridized carbons (Fsp3) is 0.600. The molecule has 1 fully saturated rings. The second-order valence-electron chi connectivity index (χ2n) is 3.42. The van der Waals surface area contributed by atoms with Crippen LogP contribution >= 0.6 is 0 Å². The van der Waals surface area contributed by atoms with Crippen molar-refractivity contribution in [2.24, 2.45) is 11.8 Å². The minimum absolute atomic E-state index is 0.216. The van der Waals surface area contributed by atoms with Gasteiger partial charge in [0, 0.05) is 12.3 Å². The summed E-state index contributed by atoms with van der Waals surface area (Å²) in [5, 5.41) is 0. The highest BCUT2D eigenvalue weighted by atomic mass is 16.1. The maximum atomic E-state index is 11.3. The van der Waals surface area contributed by atoms with E-state index < -0.39 is 0 Å². The highest BCUT2D eigenvalue weighted by Gasteiger charge is 2.29. The van der Waals surface area contributed by atoms with E-state index in [1.54, 1.807) is 0 Å². The number of Topliss-reactive ketones (excluding diaryl/α,β-unsaturated/α-hetero) is 1. The smallest absolute Gasteiger partial charge is 0.140 e. The Morgan fingerprint density at radius 1 is 1.55 bits per heavy atom. The van der Waals surface area contributed by atoms with Gasteiger partial charge < -0.3 is 0 Å². The summed E-state index contributed by atoms with van der Waals surface area (Å²) in [6.07, 6.45) is 8.19. The molecule has 0 aromatic rings. The summed E-state index contributed by atoms with van der Waals surface area (Å²) < 4.78 is 0. The molecule has 1 heteroatoms. The standard InChI is InChI=1S/C10H12O/c11-10-7-3-5-8-4-1-2-6-9(8)10/h1,6,8-9H,3-5,7H2. The van der Waals surface area contributed by atoms with Crippen LogP contribution in [0.2, 0.25) is 0 Å². The number of carbonyl (C=O) groups excluding carboxylic acids is 1. The van der Waals surface area contributed by atoms with Gasteiger partial charge in [0.05, 0.1) is 0 Å². The predicted molar refractivity (Wildman–Crippen MR) is 43.1 cm³/mol. The van der Waals surface area contributed by atoms with Crippen molar-refractivity contribution in [2.75, 3.05) is 0 Å². The van der Waals surface area contributed by atoms with E-state index in [1.165, 1.54) is 6.42 Å². The molecule has 0 heterocycles. The SMILES string of the molecule is O=C1CCCC2CC=C=CC12. The van der Waals surface area contributed by atoms with Crippen molar-refractivity contribution in [1.82, 2.24) is 0 Å². The molecule has 2 aliphatic rings. The third-order valence-corrected chi connectivity index (χ3v) is 2.69. The third kappa shape index (κ3) is 1.17. The molecule has 0 aromatic carbocycles. The molecule has 11 heavy (non-hydrogen) atoms. The highest BCUT2D eigenvalue weighted by Crippen LogP contribution is 2.32. The largest absolute Gasteiger partial charge is 0.299 e. The zero-order valence-corrected chi connectivity index (χ0v) is 6.55. The molecule has 1 nitrogen and oxygen atoms in total. The molecular weight excluding hydrogens is 136 g/mol. The van der Waals surface area contributed by atoms with E-state index in [0.717, 1.165) is 19.3 Å². The summed E-state index contributed by atoms with van der Waals surface area (Å²) in [5.41, 5.74) is 3.04. The lowest BCUT2D eigenvalue weighted by Crippen LogP contribution is -2.27. The number of hydrogen-bond acceptors (Lipinski definition) is 1. The van der Waals surface area contributed by atoms with Crippen LogP contribution in [0.4, 0.5) is 0 Å². The fourth-order valence-corrected chi connectivity index (χ4v) is 2.03. The Balaban J connectivity index is 2.22. The van der Waals surface area contributed by atoms with Crippen molar-refractivity contribution >= 4 is 5.78 Å². The van der Waals surface area contributed by atoms with E-state index in [0.29, 0.717) is 11.7 Å². The van der Waals surface area contributed by atoms with E-state index in [9.17, 15) is 4.79 Å². The van der Waals surface area contributed by atoms with Crippen molar-refractivity contribution in [3.63, 3.8) is 0 Å². The molecule has 0 aromatic heterocycles. The van der Waals surface area contributed by atoms with Crippen molar-refractivity contribution in [1.29, 1.82) is 0 Å². The van der Waals surface area contributed by atoms with E-state index in [-0.39, 0.29) is 5.92 Å². The number of rotatable bonds is 0. The maximum absolute atomic E-state index is 11.3. The topological polar surface area (TPSA) is 17.1 Å². The molecule has 1 saturated carbocycles. The highest BCUT2D eigenvalue weighted by molar-refractivity contribution is 5.83. The summed E-state index contributed by atoms with van der Waals surface area (Å²) in [6.45, 7) is 0. The molecule has 0 aliphatic heterocycles. The van der Waals surface area contributed by atoms with Gasteiger partial charge in [0.2, 0.25) is 0 Å². The summed E-state index contributed by atoms with van der Waals surface area (Å²) in [4.78, 5) is 11.3. The van der Waals surface area contributed by atoms with Gasteiger partial charge in [-0.3, -0.25) is 4.79 Å². The summed E-state index contributed by atoms with van der Waals surface area (Å²) >= 11 is 0. The molecule has 2 aliphatic carbocycles. The second-order valence-corrected chi connectivity index (χ2v) is 3.42. The Hall–Kier alpha value is -0.810. The summed E-state index contributed by atoms with van der Waals surface area (Å²) in [5.74, 6) is 1.26. The van der Waals surface area contributed by atoms with Crippen LogP contribution in [0.5, 0.6) is 0 Å². The van der Waals surface area contributed by atoms with Gasteiger partial charge in [0.25, 0.3) is 0 Å². The van der Waals surface area contributed by atoms with Gasteiger partial charge in [-0.2, -0.15) is 0 Å². The number of carbonyl (C=O) groups is 1. The number of allylic oxidation sites excluding steroid dienone is 1. The van der Waals surface area contributed by atoms with E-state index in [4.69, 9.17) is 0 Å². The first-order valence-electron chi connectivity index (χ1n) is 4.32. The number of ketones is 1. The van der Waals surface area contributed by atoms with E-state index in [1.807, 2.05) is 6.08 Å². The van der Waals surface area contributed by atoms with E-state index >= 15 is 0 Å². The van der Waals surface area contributed by atoms with Crippen LogP contribution in [-0.4, -0.2) is 5.78 Å². The van der Waals surface area contributed by atoms with Gasteiger partial charge in [-0.1, -0.05) is 0 Å². The lowest BCUT2D eigenvalue weighted by Gasteiger charge is -2.28. The Kier molecular flexibility index (Phi) is 1.67. The Labute approximate surface area is 66.8 Å². The molecule has 0 N–H and O–H groups in total. The van der Waals surface area contributed by atoms with Crippen LogP contribution in [0.3, 0.4) is 0 Å². The first-order valence-corrected chi connectivity index (χ1v) is 4.32. The quantitative estimate of drug-likeness (QED) is 0.481. The van der Waals surface area contributed by atoms with Crippen LogP contribution in [-0.2, 0) is 4.79 Å². The van der Waals surface area contributed by atoms with E-state index in [2.05, 4.69) is 11.8 Å². The second kappa shape index (κ2) is 2.67. The fourth-order valence-electron chi connectivity index (χ4n) is 2.03. The zero-order valence-electron chi connectivity index (χ0n) is 6.55. The Morgan fingerprint density at radius 2 is 2.45 bits per heavy atom. The van der Waals surface area contributed by atoms with Gasteiger partial charge in [-0.05, 0) is 37.3 Å². The Bertz CT molecular complexity index is 233. The van der Waals surface area contributed by atoms with Gasteiger partial charge in [-0.15, -0.1) is 5.73 Å². The predicted octanol–water partition coefficient (Wildman–Crippen LogP) is 2.09. The zero-order chi connectivity index (χ0) is 7.68. The normalized spacial score (nSPS) is 35.5. The van der Waals surface area contributed by atoms with Crippen LogP contribution in [0.15, 0.2) is 17.9 Å². The van der Waals surface area contributed by atoms with Gasteiger partial charge >= 0.3 is 0 Å². The van der Waals surface area contributed by atoms with Crippen LogP contribution in [0.1, 0.15) is 25.7 Å². The maximum Gasteiger partial charge on any atom is 0.140 e. The lowest BCUT2D eigenvalue weighted by molar-refractivity contribution is -0.124. The van der Waals surface area contributed by atoms with Crippen molar-refractivity contribution in [3.05, 3.63) is 17.9 Å². The molecule has 0 bridgehead atoms. The molecule has 0 spiro atoms. The number of hydrogen-bond donors (Lipinski definition) is 0. The molecular formula is C10H12O. The summed E-state index contributed by atoms with van der Waals surface area (Å²) in [7, 11) is 0. The Morgan fingerprint density at radius 3 is 3.27 bits per heavy atom. The monoisotopic (exact) mass is 148 g/mol. The van der Waals surface area contributed by atoms with Crippen LogP contribution in [0, 0.1) is 11.8 Å². The molecule has 2 atom stereocenters. The van der Waals surface area contributed by atoms with Gasteiger partial charge in [-0.25, -0.2) is 0 Å². The summed E-state index contributed by atoms with van der Waals surface area (Å²) in [6, 6.07) is 0. The third-order valence-electron chi connectivity index (χ3n) is 2.69. The first kappa shape index (κ1) is 6.87. The minimum atomic E-state index is 0.216. The molecule has 0 radical (unpaired) electrons. The van der Waals surface area contributed by atoms with Crippen molar-refractivity contribution in [2.45, 2.75) is 25.7 Å². The minimum Gasteiger partial charge on any atom is -0.299 e. The van der Waals surface area contributed by atoms with Crippen molar-refractivity contribution in [3.8, 4) is 0 Å².